The summed E-state index contributed by atoms with van der Waals surface area (Å²) >= 11 is 0. The minimum atomic E-state index is -0.993. The molecule has 0 bridgehead atoms. The Labute approximate surface area is 112 Å². The van der Waals surface area contributed by atoms with Gasteiger partial charge in [-0.15, -0.1) is 0 Å². The van der Waals surface area contributed by atoms with Crippen molar-refractivity contribution in [2.75, 3.05) is 33.4 Å². The zero-order valence-electron chi connectivity index (χ0n) is 11.4. The molecule has 0 heterocycles. The molecule has 0 saturated carbocycles. The quantitative estimate of drug-likeness (QED) is 0.789. The average Bonchev–Trinajstić information content (AvgIpc) is 2.42. The predicted octanol–water partition coefficient (Wildman–Crippen LogP) is 2.36. The largest absolute Gasteiger partial charge is 0.388 e. The summed E-state index contributed by atoms with van der Waals surface area (Å²) in [7, 11) is 1.63. The lowest BCUT2D eigenvalue weighted by Gasteiger charge is -2.21. The Hall–Kier alpha value is -1.04. The van der Waals surface area contributed by atoms with E-state index in [1.165, 1.54) is 12.1 Å². The van der Waals surface area contributed by atoms with E-state index in [-0.39, 0.29) is 5.56 Å². The van der Waals surface area contributed by atoms with Crippen LogP contribution in [0.5, 0.6) is 0 Å². The van der Waals surface area contributed by atoms with E-state index >= 15 is 0 Å². The third-order valence-electron chi connectivity index (χ3n) is 3.12. The maximum Gasteiger partial charge on any atom is 0.164 e. The number of nitrogens with zero attached hydrogens (tertiary/aromatic N) is 1. The molecular formula is C14H21F2NO2. The molecule has 5 heteroatoms. The number of ether oxygens (including phenoxy) is 1. The third-order valence-corrected chi connectivity index (χ3v) is 3.12. The average molecular weight is 273 g/mol. The lowest BCUT2D eigenvalue weighted by atomic mass is 10.1. The molecule has 1 rings (SSSR count). The van der Waals surface area contributed by atoms with Gasteiger partial charge in [0.2, 0.25) is 0 Å². The highest BCUT2D eigenvalue weighted by Gasteiger charge is 2.16. The fourth-order valence-electron chi connectivity index (χ4n) is 1.89. The van der Waals surface area contributed by atoms with Gasteiger partial charge >= 0.3 is 0 Å². The molecule has 19 heavy (non-hydrogen) atoms. The second-order valence-electron chi connectivity index (χ2n) is 4.37. The van der Waals surface area contributed by atoms with Gasteiger partial charge in [-0.1, -0.05) is 19.1 Å². The van der Waals surface area contributed by atoms with Crippen LogP contribution < -0.4 is 0 Å². The predicted molar refractivity (Wildman–Crippen MR) is 69.9 cm³/mol. The summed E-state index contributed by atoms with van der Waals surface area (Å²) in [4.78, 5) is 2.09. The second kappa shape index (κ2) is 8.19. The molecule has 0 saturated heterocycles. The molecule has 1 N–H and O–H groups in total. The summed E-state index contributed by atoms with van der Waals surface area (Å²) in [6, 6.07) is 3.86. The molecule has 108 valence electrons. The smallest absolute Gasteiger partial charge is 0.164 e. The van der Waals surface area contributed by atoms with Crippen LogP contribution in [0.2, 0.25) is 0 Å². The van der Waals surface area contributed by atoms with E-state index in [0.717, 1.165) is 19.2 Å². The molecule has 0 spiro atoms. The van der Waals surface area contributed by atoms with E-state index in [1.807, 2.05) is 6.92 Å². The zero-order chi connectivity index (χ0) is 14.3. The van der Waals surface area contributed by atoms with Crippen molar-refractivity contribution in [3.05, 3.63) is 35.4 Å². The molecule has 0 aliphatic heterocycles. The zero-order valence-corrected chi connectivity index (χ0v) is 11.4. The number of hydrogen-bond donors (Lipinski definition) is 1. The maximum atomic E-state index is 13.5. The molecule has 0 aromatic heterocycles. The fraction of sp³-hybridized carbons (Fsp3) is 0.571. The minimum absolute atomic E-state index is 0.0165. The van der Waals surface area contributed by atoms with E-state index in [0.29, 0.717) is 19.6 Å². The maximum absolute atomic E-state index is 13.5. The number of likely N-dealkylation sites (N-methyl/N-ethyl adjacent to an activating group) is 1. The fourth-order valence-corrected chi connectivity index (χ4v) is 1.89. The first kappa shape index (κ1) is 16.0. The number of rotatable bonds is 8. The number of methoxy groups -OCH3 is 1. The second-order valence-corrected chi connectivity index (χ2v) is 4.37. The molecule has 3 nitrogen and oxygen atoms in total. The van der Waals surface area contributed by atoms with Crippen molar-refractivity contribution in [2.45, 2.75) is 19.4 Å². The first-order valence-corrected chi connectivity index (χ1v) is 6.43. The first-order valence-electron chi connectivity index (χ1n) is 6.43. The number of benzene rings is 1. The van der Waals surface area contributed by atoms with Gasteiger partial charge in [0.1, 0.15) is 0 Å². The Morgan fingerprint density at radius 2 is 2.05 bits per heavy atom. The molecule has 1 aromatic rings. The molecule has 0 radical (unpaired) electrons. The highest BCUT2D eigenvalue weighted by molar-refractivity contribution is 5.21. The number of aliphatic hydroxyl groups excluding tert-OH is 1. The summed E-state index contributed by atoms with van der Waals surface area (Å²) in [6.45, 7) is 4.80. The molecule has 1 atom stereocenters. The number of aliphatic hydroxyl groups is 1. The van der Waals surface area contributed by atoms with Crippen LogP contribution in [0, 0.1) is 11.6 Å². The molecule has 0 fully saturated rings. The van der Waals surface area contributed by atoms with E-state index in [9.17, 15) is 13.9 Å². The summed E-state index contributed by atoms with van der Waals surface area (Å²) in [5.74, 6) is -1.89. The van der Waals surface area contributed by atoms with Gasteiger partial charge in [-0.05, 0) is 19.0 Å². The molecular weight excluding hydrogens is 252 g/mol. The van der Waals surface area contributed by atoms with Gasteiger partial charge in [0.15, 0.2) is 11.6 Å². The normalized spacial score (nSPS) is 12.9. The lowest BCUT2D eigenvalue weighted by Crippen LogP contribution is -2.29. The van der Waals surface area contributed by atoms with Crippen molar-refractivity contribution in [1.82, 2.24) is 4.90 Å². The monoisotopic (exact) mass is 273 g/mol. The standard InChI is InChI=1S/C14H21F2NO2/c1-3-17(9-10-19-2)8-7-13(18)11-5-4-6-12(15)14(11)16/h4-6,13,18H,3,7-10H2,1-2H3. The summed E-state index contributed by atoms with van der Waals surface area (Å²) < 4.78 is 31.5. The van der Waals surface area contributed by atoms with Gasteiger partial charge in [0.05, 0.1) is 12.7 Å². The van der Waals surface area contributed by atoms with Crippen LogP contribution in [-0.4, -0.2) is 43.4 Å². The van der Waals surface area contributed by atoms with Crippen molar-refractivity contribution >= 4 is 0 Å². The van der Waals surface area contributed by atoms with E-state index in [2.05, 4.69) is 4.90 Å². The van der Waals surface area contributed by atoms with Gasteiger partial charge in [0.25, 0.3) is 0 Å². The van der Waals surface area contributed by atoms with Crippen molar-refractivity contribution in [3.63, 3.8) is 0 Å². The van der Waals surface area contributed by atoms with Crippen molar-refractivity contribution < 1.29 is 18.6 Å². The topological polar surface area (TPSA) is 32.7 Å². The van der Waals surface area contributed by atoms with Crippen LogP contribution in [0.4, 0.5) is 8.78 Å². The van der Waals surface area contributed by atoms with Crippen LogP contribution in [0.15, 0.2) is 18.2 Å². The summed E-state index contributed by atoms with van der Waals surface area (Å²) in [6.07, 6.45) is -0.634. The Bertz CT molecular complexity index is 388. The summed E-state index contributed by atoms with van der Waals surface area (Å²) in [5, 5.41) is 9.93. The van der Waals surface area contributed by atoms with E-state index in [4.69, 9.17) is 4.74 Å². The number of hydrogen-bond acceptors (Lipinski definition) is 3. The van der Waals surface area contributed by atoms with Gasteiger partial charge in [-0.3, -0.25) is 0 Å². The summed E-state index contributed by atoms with van der Waals surface area (Å²) in [5.41, 5.74) is 0.0165. The van der Waals surface area contributed by atoms with Crippen molar-refractivity contribution in [2.24, 2.45) is 0 Å². The van der Waals surface area contributed by atoms with Crippen LogP contribution in [0.3, 0.4) is 0 Å². The highest BCUT2D eigenvalue weighted by atomic mass is 19.2. The Morgan fingerprint density at radius 1 is 1.32 bits per heavy atom. The van der Waals surface area contributed by atoms with Crippen molar-refractivity contribution in [1.29, 1.82) is 0 Å². The SMILES string of the molecule is CCN(CCOC)CCC(O)c1cccc(F)c1F. The Balaban J connectivity index is 2.54. The van der Waals surface area contributed by atoms with Crippen molar-refractivity contribution in [3.8, 4) is 0 Å². The number of halogens is 2. The lowest BCUT2D eigenvalue weighted by molar-refractivity contribution is 0.117. The van der Waals surface area contributed by atoms with Gasteiger partial charge in [-0.2, -0.15) is 0 Å². The van der Waals surface area contributed by atoms with Gasteiger partial charge < -0.3 is 14.7 Å². The highest BCUT2D eigenvalue weighted by Crippen LogP contribution is 2.22. The van der Waals surface area contributed by atoms with E-state index in [1.54, 1.807) is 7.11 Å². The first-order chi connectivity index (χ1) is 9.10. The molecule has 0 aliphatic carbocycles. The third kappa shape index (κ3) is 4.86. The molecule has 1 aromatic carbocycles. The minimum Gasteiger partial charge on any atom is -0.388 e. The van der Waals surface area contributed by atoms with Gasteiger partial charge in [-0.25, -0.2) is 8.78 Å². The Kier molecular flexibility index (Phi) is 6.91. The Morgan fingerprint density at radius 3 is 2.68 bits per heavy atom. The van der Waals surface area contributed by atoms with Crippen LogP contribution in [0.1, 0.15) is 25.0 Å². The van der Waals surface area contributed by atoms with Crippen LogP contribution in [-0.2, 0) is 4.74 Å². The molecule has 0 amide bonds. The van der Waals surface area contributed by atoms with Crippen LogP contribution in [0.25, 0.3) is 0 Å². The molecule has 0 aliphatic rings. The van der Waals surface area contributed by atoms with Crippen LogP contribution >= 0.6 is 0 Å². The molecule has 1 unspecified atom stereocenters. The van der Waals surface area contributed by atoms with Gasteiger partial charge in [0, 0.05) is 25.8 Å². The van der Waals surface area contributed by atoms with E-state index < -0.39 is 17.7 Å².